The lowest BCUT2D eigenvalue weighted by molar-refractivity contribution is -0.141. The fourth-order valence-electron chi connectivity index (χ4n) is 3.36. The van der Waals surface area contributed by atoms with Gasteiger partial charge >= 0.3 is 12.3 Å². The van der Waals surface area contributed by atoms with Crippen molar-refractivity contribution in [3.8, 4) is 0 Å². The van der Waals surface area contributed by atoms with Gasteiger partial charge < -0.3 is 15.4 Å². The summed E-state index contributed by atoms with van der Waals surface area (Å²) in [6, 6.07) is 7.25. The normalized spacial score (nSPS) is 16.3. The SMILES string of the molecule is CC(C)(C)OC(=O)NC1CCc2cc(NC(=O)c3ccnc(C(F)(F)F)c3)ccc2C1. The molecule has 1 heterocycles. The summed E-state index contributed by atoms with van der Waals surface area (Å²) in [5.41, 5.74) is 0.738. The number of nitrogens with one attached hydrogen (secondary N) is 2. The van der Waals surface area contributed by atoms with Crippen LogP contribution in [0.15, 0.2) is 36.5 Å². The molecule has 166 valence electrons. The van der Waals surface area contributed by atoms with Gasteiger partial charge in [-0.15, -0.1) is 0 Å². The predicted octanol–water partition coefficient (Wildman–Crippen LogP) is 4.73. The lowest BCUT2D eigenvalue weighted by atomic mass is 9.88. The first-order chi connectivity index (χ1) is 14.4. The molecule has 2 amide bonds. The van der Waals surface area contributed by atoms with Crippen LogP contribution in [0, 0.1) is 0 Å². The number of ether oxygens (including phenoxy) is 1. The molecule has 6 nitrogen and oxygen atoms in total. The van der Waals surface area contributed by atoms with Gasteiger partial charge in [-0.05, 0) is 75.4 Å². The summed E-state index contributed by atoms with van der Waals surface area (Å²) >= 11 is 0. The number of hydrogen-bond acceptors (Lipinski definition) is 4. The molecule has 1 aliphatic carbocycles. The fourth-order valence-corrected chi connectivity index (χ4v) is 3.36. The first kappa shape index (κ1) is 22.6. The van der Waals surface area contributed by atoms with Crippen LogP contribution < -0.4 is 10.6 Å². The minimum atomic E-state index is -4.62. The Morgan fingerprint density at radius 3 is 2.52 bits per heavy atom. The summed E-state index contributed by atoms with van der Waals surface area (Å²) < 4.78 is 43.7. The number of halogens is 3. The number of hydrogen-bond donors (Lipinski definition) is 2. The molecule has 2 N–H and O–H groups in total. The number of amides is 2. The van der Waals surface area contributed by atoms with Crippen LogP contribution >= 0.6 is 0 Å². The summed E-state index contributed by atoms with van der Waals surface area (Å²) in [4.78, 5) is 27.6. The first-order valence-corrected chi connectivity index (χ1v) is 9.86. The Labute approximate surface area is 178 Å². The Hall–Kier alpha value is -3.10. The number of pyridine rings is 1. The van der Waals surface area contributed by atoms with Crippen LogP contribution in [-0.4, -0.2) is 28.6 Å². The van der Waals surface area contributed by atoms with Gasteiger partial charge in [0.15, 0.2) is 0 Å². The van der Waals surface area contributed by atoms with E-state index < -0.39 is 29.5 Å². The van der Waals surface area contributed by atoms with Crippen molar-refractivity contribution in [1.82, 2.24) is 10.3 Å². The Balaban J connectivity index is 1.64. The van der Waals surface area contributed by atoms with E-state index in [0.717, 1.165) is 23.4 Å². The molecule has 1 atom stereocenters. The van der Waals surface area contributed by atoms with E-state index in [1.54, 1.807) is 26.8 Å². The molecule has 1 aromatic heterocycles. The smallest absolute Gasteiger partial charge is 0.433 e. The van der Waals surface area contributed by atoms with E-state index in [-0.39, 0.29) is 11.6 Å². The van der Waals surface area contributed by atoms with Crippen molar-refractivity contribution in [2.24, 2.45) is 0 Å². The van der Waals surface area contributed by atoms with Crippen LogP contribution in [0.2, 0.25) is 0 Å². The molecule has 0 spiro atoms. The molecule has 0 radical (unpaired) electrons. The summed E-state index contributed by atoms with van der Waals surface area (Å²) in [5.74, 6) is -0.645. The van der Waals surface area contributed by atoms with Gasteiger partial charge in [-0.2, -0.15) is 13.2 Å². The fraction of sp³-hybridized carbons (Fsp3) is 0.409. The molecule has 1 aliphatic rings. The maximum Gasteiger partial charge on any atom is 0.433 e. The van der Waals surface area contributed by atoms with Gasteiger partial charge in [-0.3, -0.25) is 9.78 Å². The van der Waals surface area contributed by atoms with Crippen LogP contribution in [0.3, 0.4) is 0 Å². The molecule has 0 saturated carbocycles. The van der Waals surface area contributed by atoms with Crippen LogP contribution in [-0.2, 0) is 23.8 Å². The van der Waals surface area contributed by atoms with Gasteiger partial charge in [0.25, 0.3) is 5.91 Å². The van der Waals surface area contributed by atoms with Gasteiger partial charge in [0.05, 0.1) is 0 Å². The number of carbonyl (C=O) groups excluding carboxylic acids is 2. The zero-order chi connectivity index (χ0) is 22.8. The van der Waals surface area contributed by atoms with E-state index >= 15 is 0 Å². The molecule has 31 heavy (non-hydrogen) atoms. The molecule has 0 fully saturated rings. The quantitative estimate of drug-likeness (QED) is 0.730. The zero-order valence-corrected chi connectivity index (χ0v) is 17.5. The first-order valence-electron chi connectivity index (χ1n) is 9.86. The van der Waals surface area contributed by atoms with E-state index in [1.165, 1.54) is 6.07 Å². The van der Waals surface area contributed by atoms with Gasteiger partial charge in [-0.1, -0.05) is 6.07 Å². The number of rotatable bonds is 3. The van der Waals surface area contributed by atoms with Crippen molar-refractivity contribution in [2.45, 2.75) is 57.9 Å². The number of aromatic nitrogens is 1. The Morgan fingerprint density at radius 2 is 1.84 bits per heavy atom. The molecular formula is C22H24F3N3O3. The molecule has 1 aromatic carbocycles. The summed E-state index contributed by atoms with van der Waals surface area (Å²) in [7, 11) is 0. The summed E-state index contributed by atoms with van der Waals surface area (Å²) in [6.45, 7) is 5.40. The Morgan fingerprint density at radius 1 is 1.10 bits per heavy atom. The lowest BCUT2D eigenvalue weighted by Gasteiger charge is -2.27. The van der Waals surface area contributed by atoms with E-state index in [4.69, 9.17) is 4.74 Å². The largest absolute Gasteiger partial charge is 0.444 e. The van der Waals surface area contributed by atoms with E-state index in [9.17, 15) is 22.8 Å². The highest BCUT2D eigenvalue weighted by atomic mass is 19.4. The standard InChI is InChI=1S/C22H24F3N3O3/c1-21(2,3)31-20(30)28-17-7-5-13-10-16(6-4-14(13)11-17)27-19(29)15-8-9-26-18(12-15)22(23,24)25/h4,6,8-10,12,17H,5,7,11H2,1-3H3,(H,27,29)(H,28,30). The molecule has 0 bridgehead atoms. The second-order valence-electron chi connectivity index (χ2n) is 8.45. The van der Waals surface area contributed by atoms with Crippen molar-refractivity contribution >= 4 is 17.7 Å². The molecule has 9 heteroatoms. The molecule has 0 saturated heterocycles. The molecule has 2 aromatic rings. The molecule has 3 rings (SSSR count). The number of carbonyl (C=O) groups is 2. The molecular weight excluding hydrogens is 411 g/mol. The zero-order valence-electron chi connectivity index (χ0n) is 17.5. The molecule has 0 aliphatic heterocycles. The summed E-state index contributed by atoms with van der Waals surface area (Å²) in [6.07, 6.45) is -2.09. The highest BCUT2D eigenvalue weighted by Gasteiger charge is 2.33. The highest BCUT2D eigenvalue weighted by molar-refractivity contribution is 6.04. The second-order valence-corrected chi connectivity index (χ2v) is 8.45. The van der Waals surface area contributed by atoms with Crippen molar-refractivity contribution in [2.75, 3.05) is 5.32 Å². The van der Waals surface area contributed by atoms with Gasteiger partial charge in [0, 0.05) is 23.5 Å². The number of nitrogens with zero attached hydrogens (tertiary/aromatic N) is 1. The number of aryl methyl sites for hydroxylation is 1. The van der Waals surface area contributed by atoms with E-state index in [2.05, 4.69) is 15.6 Å². The number of alkyl halides is 3. The van der Waals surface area contributed by atoms with Crippen LogP contribution in [0.4, 0.5) is 23.7 Å². The minimum Gasteiger partial charge on any atom is -0.444 e. The third-order valence-corrected chi connectivity index (χ3v) is 4.73. The lowest BCUT2D eigenvalue weighted by Crippen LogP contribution is -2.41. The van der Waals surface area contributed by atoms with Gasteiger partial charge in [0.1, 0.15) is 11.3 Å². The van der Waals surface area contributed by atoms with E-state index in [0.29, 0.717) is 24.9 Å². The summed E-state index contributed by atoms with van der Waals surface area (Å²) in [5, 5.41) is 5.51. The third kappa shape index (κ3) is 6.19. The number of fused-ring (bicyclic) bond motifs is 1. The Bertz CT molecular complexity index is 984. The minimum absolute atomic E-state index is 0.0552. The van der Waals surface area contributed by atoms with Gasteiger partial charge in [-0.25, -0.2) is 4.79 Å². The van der Waals surface area contributed by atoms with Crippen molar-refractivity contribution in [1.29, 1.82) is 0 Å². The van der Waals surface area contributed by atoms with Crippen LogP contribution in [0.1, 0.15) is 54.4 Å². The van der Waals surface area contributed by atoms with Gasteiger partial charge in [0.2, 0.25) is 0 Å². The maximum absolute atomic E-state index is 12.8. The van der Waals surface area contributed by atoms with Crippen molar-refractivity contribution < 1.29 is 27.5 Å². The van der Waals surface area contributed by atoms with Crippen molar-refractivity contribution in [3.05, 3.63) is 58.9 Å². The number of benzene rings is 1. The number of alkyl carbamates (subject to hydrolysis) is 1. The predicted molar refractivity (Wildman–Crippen MR) is 109 cm³/mol. The van der Waals surface area contributed by atoms with E-state index in [1.807, 2.05) is 12.1 Å². The average molecular weight is 435 g/mol. The average Bonchev–Trinajstić information content (AvgIpc) is 2.66. The highest BCUT2D eigenvalue weighted by Crippen LogP contribution is 2.28. The van der Waals surface area contributed by atoms with Crippen LogP contribution in [0.25, 0.3) is 0 Å². The second kappa shape index (κ2) is 8.56. The molecule has 1 unspecified atom stereocenters. The van der Waals surface area contributed by atoms with Crippen LogP contribution in [0.5, 0.6) is 0 Å². The van der Waals surface area contributed by atoms with Crippen molar-refractivity contribution in [3.63, 3.8) is 0 Å². The monoisotopic (exact) mass is 435 g/mol. The Kier molecular flexibility index (Phi) is 6.24. The maximum atomic E-state index is 12.8. The topological polar surface area (TPSA) is 80.3 Å². The third-order valence-electron chi connectivity index (χ3n) is 4.73. The number of anilines is 1.